The van der Waals surface area contributed by atoms with Crippen molar-refractivity contribution < 1.29 is 0 Å². The van der Waals surface area contributed by atoms with Crippen molar-refractivity contribution in [3.8, 4) is 33.8 Å². The third-order valence-corrected chi connectivity index (χ3v) is 6.31. The van der Waals surface area contributed by atoms with Crippen molar-refractivity contribution in [1.82, 2.24) is 9.97 Å². The summed E-state index contributed by atoms with van der Waals surface area (Å²) in [5, 5.41) is 0. The molecular weight excluding hydrogens is 450 g/mol. The molecule has 0 amide bonds. The zero-order valence-corrected chi connectivity index (χ0v) is 20.3. The van der Waals surface area contributed by atoms with E-state index in [1.807, 2.05) is 54.7 Å². The molecular formula is C34H25N3. The summed E-state index contributed by atoms with van der Waals surface area (Å²) >= 11 is 0. The summed E-state index contributed by atoms with van der Waals surface area (Å²) in [6, 6.07) is 50.1. The van der Waals surface area contributed by atoms with Gasteiger partial charge < -0.3 is 4.90 Å². The van der Waals surface area contributed by atoms with E-state index in [1.165, 1.54) is 0 Å². The lowest BCUT2D eigenvalue weighted by atomic mass is 10.0. The maximum absolute atomic E-state index is 4.95. The standard InChI is InChI=1S/C34H25N3/c1-4-12-27(13-5-1)33-24-28(25-34(36-33)32-18-10-11-23-35-32)26-19-21-31(22-20-26)37(29-14-6-2-7-15-29)30-16-8-3-9-17-30/h1-25H. The van der Waals surface area contributed by atoms with Crippen LogP contribution in [0.3, 0.4) is 0 Å². The largest absolute Gasteiger partial charge is 0.311 e. The fourth-order valence-electron chi connectivity index (χ4n) is 4.50. The molecule has 6 rings (SSSR count). The number of benzene rings is 4. The van der Waals surface area contributed by atoms with E-state index in [0.29, 0.717) is 0 Å². The molecule has 0 aliphatic heterocycles. The second kappa shape index (κ2) is 10.3. The molecule has 2 heterocycles. The zero-order valence-electron chi connectivity index (χ0n) is 20.3. The molecule has 0 radical (unpaired) electrons. The predicted octanol–water partition coefficient (Wildman–Crippen LogP) is 8.95. The summed E-state index contributed by atoms with van der Waals surface area (Å²) < 4.78 is 0. The molecule has 6 aromatic rings. The van der Waals surface area contributed by atoms with E-state index in [-0.39, 0.29) is 0 Å². The quantitative estimate of drug-likeness (QED) is 0.241. The van der Waals surface area contributed by atoms with Crippen molar-refractivity contribution in [2.75, 3.05) is 4.90 Å². The van der Waals surface area contributed by atoms with Crippen LogP contribution in [-0.4, -0.2) is 9.97 Å². The van der Waals surface area contributed by atoms with E-state index in [2.05, 4.69) is 107 Å². The number of rotatable bonds is 6. The summed E-state index contributed by atoms with van der Waals surface area (Å²) in [6.45, 7) is 0. The highest BCUT2D eigenvalue weighted by molar-refractivity contribution is 5.80. The van der Waals surface area contributed by atoms with Gasteiger partial charge in [0.15, 0.2) is 0 Å². The minimum atomic E-state index is 0.858. The third kappa shape index (κ3) is 4.89. The fourth-order valence-corrected chi connectivity index (χ4v) is 4.50. The Hall–Kier alpha value is -5.02. The number of anilines is 3. The van der Waals surface area contributed by atoms with Crippen LogP contribution in [-0.2, 0) is 0 Å². The average Bonchev–Trinajstić information content (AvgIpc) is 2.99. The second-order valence-corrected chi connectivity index (χ2v) is 8.76. The Labute approximate surface area is 217 Å². The molecule has 0 aliphatic carbocycles. The Kier molecular flexibility index (Phi) is 6.25. The van der Waals surface area contributed by atoms with Crippen LogP contribution in [0, 0.1) is 0 Å². The number of para-hydroxylation sites is 2. The van der Waals surface area contributed by atoms with Gasteiger partial charge in [-0.2, -0.15) is 0 Å². The lowest BCUT2D eigenvalue weighted by Gasteiger charge is -2.25. The summed E-state index contributed by atoms with van der Waals surface area (Å²) in [5.41, 5.74) is 9.30. The van der Waals surface area contributed by atoms with Crippen molar-refractivity contribution in [2.45, 2.75) is 0 Å². The van der Waals surface area contributed by atoms with Crippen molar-refractivity contribution in [3.63, 3.8) is 0 Å². The van der Waals surface area contributed by atoms with Crippen molar-refractivity contribution >= 4 is 17.1 Å². The monoisotopic (exact) mass is 475 g/mol. The van der Waals surface area contributed by atoms with Crippen molar-refractivity contribution in [2.24, 2.45) is 0 Å². The van der Waals surface area contributed by atoms with Gasteiger partial charge in [-0.05, 0) is 71.8 Å². The number of hydrogen-bond donors (Lipinski definition) is 0. The summed E-state index contributed by atoms with van der Waals surface area (Å²) in [7, 11) is 0. The normalized spacial score (nSPS) is 10.7. The fraction of sp³-hybridized carbons (Fsp3) is 0. The third-order valence-electron chi connectivity index (χ3n) is 6.31. The Bertz CT molecular complexity index is 1490. The molecule has 0 bridgehead atoms. The molecule has 37 heavy (non-hydrogen) atoms. The van der Waals surface area contributed by atoms with Gasteiger partial charge in [0.2, 0.25) is 0 Å². The second-order valence-electron chi connectivity index (χ2n) is 8.76. The molecule has 0 unspecified atom stereocenters. The van der Waals surface area contributed by atoms with Gasteiger partial charge in [0.25, 0.3) is 0 Å². The smallest absolute Gasteiger partial charge is 0.0899 e. The Balaban J connectivity index is 1.43. The van der Waals surface area contributed by atoms with Crippen LogP contribution in [0.1, 0.15) is 0 Å². The first-order valence-electron chi connectivity index (χ1n) is 12.3. The molecule has 3 heteroatoms. The maximum Gasteiger partial charge on any atom is 0.0899 e. The van der Waals surface area contributed by atoms with Crippen LogP contribution in [0.2, 0.25) is 0 Å². The lowest BCUT2D eigenvalue weighted by molar-refractivity contribution is 1.25. The first-order valence-corrected chi connectivity index (χ1v) is 12.3. The Morgan fingerprint density at radius 3 is 1.51 bits per heavy atom. The highest BCUT2D eigenvalue weighted by atomic mass is 15.1. The molecule has 0 saturated heterocycles. The summed E-state index contributed by atoms with van der Waals surface area (Å²) in [4.78, 5) is 11.8. The van der Waals surface area contributed by atoms with Gasteiger partial charge in [-0.25, -0.2) is 4.98 Å². The topological polar surface area (TPSA) is 29.0 Å². The highest BCUT2D eigenvalue weighted by Gasteiger charge is 2.13. The first-order chi connectivity index (χ1) is 18.3. The van der Waals surface area contributed by atoms with Gasteiger partial charge in [-0.15, -0.1) is 0 Å². The van der Waals surface area contributed by atoms with Gasteiger partial charge in [-0.1, -0.05) is 84.9 Å². The van der Waals surface area contributed by atoms with Crippen LogP contribution in [0.15, 0.2) is 152 Å². The van der Waals surface area contributed by atoms with Crippen LogP contribution < -0.4 is 4.90 Å². The molecule has 0 N–H and O–H groups in total. The van der Waals surface area contributed by atoms with E-state index >= 15 is 0 Å². The van der Waals surface area contributed by atoms with Gasteiger partial charge in [-0.3, -0.25) is 4.98 Å². The van der Waals surface area contributed by atoms with Gasteiger partial charge >= 0.3 is 0 Å². The summed E-state index contributed by atoms with van der Waals surface area (Å²) in [6.07, 6.45) is 1.81. The maximum atomic E-state index is 4.95. The van der Waals surface area contributed by atoms with E-state index in [1.54, 1.807) is 0 Å². The molecule has 0 fully saturated rings. The van der Waals surface area contributed by atoms with Gasteiger partial charge in [0.05, 0.1) is 17.1 Å². The Morgan fingerprint density at radius 1 is 0.378 bits per heavy atom. The summed E-state index contributed by atoms with van der Waals surface area (Å²) in [5.74, 6) is 0. The molecule has 3 nitrogen and oxygen atoms in total. The minimum absolute atomic E-state index is 0.858. The number of aromatic nitrogens is 2. The van der Waals surface area contributed by atoms with Gasteiger partial charge in [0.1, 0.15) is 0 Å². The zero-order chi connectivity index (χ0) is 24.9. The van der Waals surface area contributed by atoms with E-state index in [0.717, 1.165) is 50.8 Å². The molecule has 176 valence electrons. The van der Waals surface area contributed by atoms with E-state index in [9.17, 15) is 0 Å². The average molecular weight is 476 g/mol. The van der Waals surface area contributed by atoms with Crippen LogP contribution in [0.4, 0.5) is 17.1 Å². The number of pyridine rings is 2. The molecule has 2 aromatic heterocycles. The van der Waals surface area contributed by atoms with Crippen LogP contribution >= 0.6 is 0 Å². The van der Waals surface area contributed by atoms with Gasteiger partial charge in [0, 0.05) is 28.8 Å². The van der Waals surface area contributed by atoms with Crippen LogP contribution in [0.5, 0.6) is 0 Å². The Morgan fingerprint density at radius 2 is 0.919 bits per heavy atom. The predicted molar refractivity (Wildman–Crippen MR) is 153 cm³/mol. The molecule has 0 saturated carbocycles. The minimum Gasteiger partial charge on any atom is -0.311 e. The van der Waals surface area contributed by atoms with Crippen molar-refractivity contribution in [1.29, 1.82) is 0 Å². The number of hydrogen-bond acceptors (Lipinski definition) is 3. The van der Waals surface area contributed by atoms with Crippen LogP contribution in [0.25, 0.3) is 33.8 Å². The van der Waals surface area contributed by atoms with E-state index < -0.39 is 0 Å². The lowest BCUT2D eigenvalue weighted by Crippen LogP contribution is -2.09. The molecule has 0 aliphatic rings. The number of nitrogens with zero attached hydrogens (tertiary/aromatic N) is 3. The SMILES string of the molecule is c1ccc(-c2cc(-c3ccc(N(c4ccccc4)c4ccccc4)cc3)cc(-c3ccccn3)n2)cc1. The molecule has 0 atom stereocenters. The first kappa shape index (κ1) is 22.4. The van der Waals surface area contributed by atoms with Crippen molar-refractivity contribution in [3.05, 3.63) is 152 Å². The molecule has 0 spiro atoms. The molecule has 4 aromatic carbocycles. The van der Waals surface area contributed by atoms with E-state index in [4.69, 9.17) is 4.98 Å². The highest BCUT2D eigenvalue weighted by Crippen LogP contribution is 2.36.